The van der Waals surface area contributed by atoms with E-state index in [0.29, 0.717) is 23.7 Å². The SMILES string of the molecule is COc1ccc(CNC(=O)CCc2nnc3ccccn3c2=O)cc1OC. The van der Waals surface area contributed by atoms with E-state index in [0.717, 1.165) is 5.56 Å². The quantitative estimate of drug-likeness (QED) is 0.677. The molecule has 8 nitrogen and oxygen atoms in total. The van der Waals surface area contributed by atoms with E-state index >= 15 is 0 Å². The van der Waals surface area contributed by atoms with E-state index in [4.69, 9.17) is 9.47 Å². The highest BCUT2D eigenvalue weighted by Crippen LogP contribution is 2.27. The summed E-state index contributed by atoms with van der Waals surface area (Å²) in [6, 6.07) is 10.7. The molecule has 1 N–H and O–H groups in total. The van der Waals surface area contributed by atoms with Gasteiger partial charge in [0.05, 0.1) is 14.2 Å². The second-order valence-corrected chi connectivity index (χ2v) is 5.85. The molecular weight excluding hydrogens is 348 g/mol. The maximum atomic E-state index is 12.4. The van der Waals surface area contributed by atoms with Crippen LogP contribution in [-0.4, -0.2) is 34.7 Å². The zero-order valence-electron chi connectivity index (χ0n) is 15.1. The van der Waals surface area contributed by atoms with Gasteiger partial charge in [0.25, 0.3) is 5.56 Å². The van der Waals surface area contributed by atoms with E-state index in [1.807, 2.05) is 6.07 Å². The van der Waals surface area contributed by atoms with Gasteiger partial charge in [0.15, 0.2) is 17.1 Å². The molecule has 2 aromatic heterocycles. The highest BCUT2D eigenvalue weighted by molar-refractivity contribution is 5.76. The van der Waals surface area contributed by atoms with Gasteiger partial charge >= 0.3 is 0 Å². The number of nitrogens with zero attached hydrogens (tertiary/aromatic N) is 3. The Labute approximate surface area is 155 Å². The molecule has 140 valence electrons. The Morgan fingerprint density at radius 1 is 1.11 bits per heavy atom. The third kappa shape index (κ3) is 4.22. The van der Waals surface area contributed by atoms with Gasteiger partial charge in [0, 0.05) is 25.6 Å². The molecule has 2 heterocycles. The second-order valence-electron chi connectivity index (χ2n) is 5.85. The van der Waals surface area contributed by atoms with Gasteiger partial charge in [0.1, 0.15) is 5.69 Å². The van der Waals surface area contributed by atoms with Crippen molar-refractivity contribution in [1.29, 1.82) is 0 Å². The first-order valence-electron chi connectivity index (χ1n) is 8.43. The van der Waals surface area contributed by atoms with Gasteiger partial charge in [0.2, 0.25) is 5.91 Å². The van der Waals surface area contributed by atoms with Crippen LogP contribution in [0.4, 0.5) is 0 Å². The van der Waals surface area contributed by atoms with Crippen LogP contribution in [0.2, 0.25) is 0 Å². The molecule has 0 atom stereocenters. The van der Waals surface area contributed by atoms with E-state index < -0.39 is 0 Å². The molecule has 1 amide bonds. The fourth-order valence-electron chi connectivity index (χ4n) is 2.65. The van der Waals surface area contributed by atoms with Crippen LogP contribution in [0.25, 0.3) is 5.65 Å². The van der Waals surface area contributed by atoms with Gasteiger partial charge in [-0.05, 0) is 29.8 Å². The lowest BCUT2D eigenvalue weighted by Crippen LogP contribution is -2.26. The first kappa shape index (κ1) is 18.4. The third-order valence-electron chi connectivity index (χ3n) is 4.10. The van der Waals surface area contributed by atoms with E-state index in [1.54, 1.807) is 50.7 Å². The predicted molar refractivity (Wildman–Crippen MR) is 99.0 cm³/mol. The van der Waals surface area contributed by atoms with Gasteiger partial charge in [-0.1, -0.05) is 12.1 Å². The molecule has 0 saturated heterocycles. The third-order valence-corrected chi connectivity index (χ3v) is 4.10. The summed E-state index contributed by atoms with van der Waals surface area (Å²) >= 11 is 0. The number of aryl methyl sites for hydroxylation is 1. The summed E-state index contributed by atoms with van der Waals surface area (Å²) in [7, 11) is 3.13. The summed E-state index contributed by atoms with van der Waals surface area (Å²) in [6.45, 7) is 0.349. The molecule has 0 saturated carbocycles. The fraction of sp³-hybridized carbons (Fsp3) is 0.263. The fourth-order valence-corrected chi connectivity index (χ4v) is 2.65. The topological polar surface area (TPSA) is 94.8 Å². The Hall–Kier alpha value is -3.42. The summed E-state index contributed by atoms with van der Waals surface area (Å²) in [5.74, 6) is 1.05. The highest BCUT2D eigenvalue weighted by Gasteiger charge is 2.10. The molecule has 0 aliphatic heterocycles. The van der Waals surface area contributed by atoms with Gasteiger partial charge in [-0.2, -0.15) is 0 Å². The molecule has 0 unspecified atom stereocenters. The zero-order chi connectivity index (χ0) is 19.2. The minimum absolute atomic E-state index is 0.149. The van der Waals surface area contributed by atoms with E-state index in [2.05, 4.69) is 15.5 Å². The minimum atomic E-state index is -0.256. The predicted octanol–water partition coefficient (Wildman–Crippen LogP) is 1.36. The molecule has 3 rings (SSSR count). The first-order chi connectivity index (χ1) is 13.1. The van der Waals surface area contributed by atoms with Gasteiger partial charge < -0.3 is 14.8 Å². The number of carbonyl (C=O) groups excluding carboxylic acids is 1. The number of benzene rings is 1. The van der Waals surface area contributed by atoms with Gasteiger partial charge in [-0.3, -0.25) is 14.0 Å². The van der Waals surface area contributed by atoms with Crippen molar-refractivity contribution in [1.82, 2.24) is 19.9 Å². The minimum Gasteiger partial charge on any atom is -0.493 e. The second kappa shape index (κ2) is 8.31. The number of ether oxygens (including phenoxy) is 2. The molecule has 8 heteroatoms. The number of pyridine rings is 1. The van der Waals surface area contributed by atoms with Crippen molar-refractivity contribution in [2.24, 2.45) is 0 Å². The van der Waals surface area contributed by atoms with Gasteiger partial charge in [-0.15, -0.1) is 10.2 Å². The molecule has 3 aromatic rings. The Morgan fingerprint density at radius 3 is 2.70 bits per heavy atom. The summed E-state index contributed by atoms with van der Waals surface area (Å²) in [4.78, 5) is 24.5. The number of fused-ring (bicyclic) bond motifs is 1. The normalized spacial score (nSPS) is 10.6. The van der Waals surface area contributed by atoms with Crippen molar-refractivity contribution in [3.05, 3.63) is 64.2 Å². The Kier molecular flexibility index (Phi) is 5.65. The maximum Gasteiger partial charge on any atom is 0.279 e. The monoisotopic (exact) mass is 368 g/mol. The van der Waals surface area contributed by atoms with Crippen LogP contribution >= 0.6 is 0 Å². The standard InChI is InChI=1S/C19H20N4O4/c1-26-15-8-6-13(11-16(15)27-2)12-20-18(24)9-7-14-19(25)23-10-4-3-5-17(23)22-21-14/h3-6,8,10-11H,7,9,12H2,1-2H3,(H,20,24). The number of hydrogen-bond donors (Lipinski definition) is 1. The van der Waals surface area contributed by atoms with Crippen molar-refractivity contribution in [2.75, 3.05) is 14.2 Å². The summed E-state index contributed by atoms with van der Waals surface area (Å²) < 4.78 is 11.9. The molecule has 1 aromatic carbocycles. The van der Waals surface area contributed by atoms with Crippen LogP contribution in [0.5, 0.6) is 11.5 Å². The number of amides is 1. The molecular formula is C19H20N4O4. The van der Waals surface area contributed by atoms with Gasteiger partial charge in [-0.25, -0.2) is 0 Å². The zero-order valence-corrected chi connectivity index (χ0v) is 15.1. The van der Waals surface area contributed by atoms with E-state index in [-0.39, 0.29) is 30.0 Å². The maximum absolute atomic E-state index is 12.4. The van der Waals surface area contributed by atoms with E-state index in [9.17, 15) is 9.59 Å². The Balaban J connectivity index is 1.59. The molecule has 0 aliphatic rings. The Morgan fingerprint density at radius 2 is 1.93 bits per heavy atom. The van der Waals surface area contributed by atoms with Crippen LogP contribution in [0.3, 0.4) is 0 Å². The summed E-state index contributed by atoms with van der Waals surface area (Å²) in [5.41, 5.74) is 1.36. The first-order valence-corrected chi connectivity index (χ1v) is 8.43. The average Bonchev–Trinajstić information content (AvgIpc) is 2.71. The number of hydrogen-bond acceptors (Lipinski definition) is 6. The van der Waals surface area contributed by atoms with Crippen molar-refractivity contribution in [3.8, 4) is 11.5 Å². The summed E-state index contributed by atoms with van der Waals surface area (Å²) in [5, 5.41) is 10.8. The van der Waals surface area contributed by atoms with Crippen LogP contribution in [-0.2, 0) is 17.8 Å². The number of methoxy groups -OCH3 is 2. The molecule has 0 spiro atoms. The smallest absolute Gasteiger partial charge is 0.279 e. The number of nitrogens with one attached hydrogen (secondary N) is 1. The van der Waals surface area contributed by atoms with E-state index in [1.165, 1.54) is 4.40 Å². The van der Waals surface area contributed by atoms with Crippen molar-refractivity contribution in [2.45, 2.75) is 19.4 Å². The van der Waals surface area contributed by atoms with Crippen molar-refractivity contribution < 1.29 is 14.3 Å². The van der Waals surface area contributed by atoms with Crippen molar-refractivity contribution in [3.63, 3.8) is 0 Å². The van der Waals surface area contributed by atoms with Crippen LogP contribution in [0.15, 0.2) is 47.4 Å². The van der Waals surface area contributed by atoms with Crippen LogP contribution in [0, 0.1) is 0 Å². The molecule has 27 heavy (non-hydrogen) atoms. The number of aromatic nitrogens is 3. The largest absolute Gasteiger partial charge is 0.493 e. The highest BCUT2D eigenvalue weighted by atomic mass is 16.5. The number of rotatable bonds is 7. The average molecular weight is 368 g/mol. The Bertz CT molecular complexity index is 1020. The van der Waals surface area contributed by atoms with Crippen LogP contribution in [0.1, 0.15) is 17.7 Å². The molecule has 0 bridgehead atoms. The molecule has 0 fully saturated rings. The lowest BCUT2D eigenvalue weighted by Gasteiger charge is -2.10. The lowest BCUT2D eigenvalue weighted by atomic mass is 10.2. The van der Waals surface area contributed by atoms with Crippen LogP contribution < -0.4 is 20.3 Å². The molecule has 0 aliphatic carbocycles. The number of carbonyl (C=O) groups is 1. The lowest BCUT2D eigenvalue weighted by molar-refractivity contribution is -0.121. The molecule has 0 radical (unpaired) electrons. The van der Waals surface area contributed by atoms with Crippen molar-refractivity contribution >= 4 is 11.6 Å². The summed E-state index contributed by atoms with van der Waals surface area (Å²) in [6.07, 6.45) is 2.00.